The van der Waals surface area contributed by atoms with Gasteiger partial charge in [-0.2, -0.15) is 13.2 Å². The van der Waals surface area contributed by atoms with Crippen LogP contribution in [0.25, 0.3) is 0 Å². The molecule has 0 unspecified atom stereocenters. The Morgan fingerprint density at radius 2 is 1.32 bits per heavy atom. The van der Waals surface area contributed by atoms with E-state index in [9.17, 15) is 13.2 Å². The Morgan fingerprint density at radius 3 is 1.89 bits per heavy atom. The van der Waals surface area contributed by atoms with Crippen molar-refractivity contribution in [3.63, 3.8) is 0 Å². The second-order valence-corrected chi connectivity index (χ2v) is 12.6. The molecule has 0 saturated carbocycles. The normalized spacial score (nSPS) is 16.1. The van der Waals surface area contributed by atoms with Gasteiger partial charge in [0.25, 0.3) is 0 Å². The standard InChI is InChI=1S/C31H28F3N2P/c1-30(2)27-19-10-11-20-28(27)36(3)29(30)22-37(25-15-6-4-7-16-25,26-17-8-5-9-18-26)35-24-14-12-13-23(21-24)31(32,33)34/h4-22H,1-3H3. The predicted octanol–water partition coefficient (Wildman–Crippen LogP) is 8.46. The van der Waals surface area contributed by atoms with Crippen molar-refractivity contribution in [2.24, 2.45) is 4.74 Å². The maximum atomic E-state index is 13.6. The van der Waals surface area contributed by atoms with Gasteiger partial charge in [0.05, 0.1) is 18.3 Å². The van der Waals surface area contributed by atoms with E-state index in [0.717, 1.165) is 34.1 Å². The van der Waals surface area contributed by atoms with Crippen LogP contribution in [0.15, 0.2) is 125 Å². The van der Waals surface area contributed by atoms with Crippen LogP contribution < -0.4 is 15.5 Å². The molecule has 5 rings (SSSR count). The van der Waals surface area contributed by atoms with Crippen LogP contribution in [0.2, 0.25) is 0 Å². The van der Waals surface area contributed by atoms with Crippen molar-refractivity contribution in [2.75, 3.05) is 11.9 Å². The van der Waals surface area contributed by atoms with Crippen LogP contribution >= 0.6 is 7.05 Å². The minimum atomic E-state index is -4.44. The van der Waals surface area contributed by atoms with Crippen molar-refractivity contribution in [1.82, 2.24) is 0 Å². The average molecular weight is 517 g/mol. The lowest BCUT2D eigenvalue weighted by atomic mass is 9.84. The fraction of sp³-hybridized carbons (Fsp3) is 0.161. The summed E-state index contributed by atoms with van der Waals surface area (Å²) in [6, 6.07) is 33.5. The minimum Gasteiger partial charge on any atom is -0.347 e. The maximum absolute atomic E-state index is 13.6. The summed E-state index contributed by atoms with van der Waals surface area (Å²) in [5.74, 6) is 2.23. The van der Waals surface area contributed by atoms with Gasteiger partial charge in [-0.3, -0.25) is 4.74 Å². The first-order chi connectivity index (χ1) is 17.6. The molecule has 37 heavy (non-hydrogen) atoms. The smallest absolute Gasteiger partial charge is 0.347 e. The lowest BCUT2D eigenvalue weighted by Crippen LogP contribution is -2.25. The van der Waals surface area contributed by atoms with Crippen molar-refractivity contribution >= 4 is 29.0 Å². The van der Waals surface area contributed by atoms with Crippen molar-refractivity contribution < 1.29 is 13.2 Å². The molecule has 0 aliphatic carbocycles. The van der Waals surface area contributed by atoms with Crippen molar-refractivity contribution in [3.05, 3.63) is 132 Å². The van der Waals surface area contributed by atoms with E-state index in [1.165, 1.54) is 11.6 Å². The van der Waals surface area contributed by atoms with E-state index >= 15 is 0 Å². The number of benzene rings is 4. The molecule has 1 aliphatic heterocycles. The lowest BCUT2D eigenvalue weighted by Gasteiger charge is -2.30. The number of nitrogens with zero attached hydrogens (tertiary/aromatic N) is 2. The van der Waals surface area contributed by atoms with E-state index in [2.05, 4.69) is 36.7 Å². The van der Waals surface area contributed by atoms with Crippen LogP contribution in [0, 0.1) is 0 Å². The van der Waals surface area contributed by atoms with E-state index < -0.39 is 18.8 Å². The van der Waals surface area contributed by atoms with Gasteiger partial charge in [-0.25, -0.2) is 0 Å². The largest absolute Gasteiger partial charge is 0.416 e. The first-order valence-electron chi connectivity index (χ1n) is 12.1. The fourth-order valence-corrected chi connectivity index (χ4v) is 8.56. The summed E-state index contributed by atoms with van der Waals surface area (Å²) >= 11 is 0. The number of para-hydroxylation sites is 1. The highest BCUT2D eigenvalue weighted by molar-refractivity contribution is 7.83. The Bertz CT molecular complexity index is 1460. The molecule has 0 radical (unpaired) electrons. The first-order valence-corrected chi connectivity index (χ1v) is 13.9. The number of anilines is 1. The maximum Gasteiger partial charge on any atom is 0.416 e. The zero-order valence-electron chi connectivity index (χ0n) is 20.9. The predicted molar refractivity (Wildman–Crippen MR) is 149 cm³/mol. The van der Waals surface area contributed by atoms with E-state index in [1.54, 1.807) is 6.07 Å². The van der Waals surface area contributed by atoms with Crippen molar-refractivity contribution in [2.45, 2.75) is 25.4 Å². The third-order valence-corrected chi connectivity index (χ3v) is 10.3. The Kier molecular flexibility index (Phi) is 6.37. The number of hydrogen-bond acceptors (Lipinski definition) is 2. The van der Waals surface area contributed by atoms with Gasteiger partial charge in [0.1, 0.15) is 0 Å². The third kappa shape index (κ3) is 4.53. The Hall–Kier alpha value is -3.56. The molecule has 1 heterocycles. The molecule has 0 aromatic heterocycles. The quantitative estimate of drug-likeness (QED) is 0.249. The zero-order valence-corrected chi connectivity index (χ0v) is 21.8. The fourth-order valence-electron chi connectivity index (χ4n) is 5.09. The van der Waals surface area contributed by atoms with Crippen LogP contribution in [0.3, 0.4) is 0 Å². The summed E-state index contributed by atoms with van der Waals surface area (Å²) in [4.78, 5) is 2.19. The summed E-state index contributed by atoms with van der Waals surface area (Å²) in [7, 11) is -0.686. The van der Waals surface area contributed by atoms with Crippen LogP contribution in [-0.2, 0) is 11.6 Å². The number of fused-ring (bicyclic) bond motifs is 1. The lowest BCUT2D eigenvalue weighted by molar-refractivity contribution is -0.137. The number of rotatable bonds is 4. The van der Waals surface area contributed by atoms with Crippen LogP contribution in [-0.4, -0.2) is 7.05 Å². The van der Waals surface area contributed by atoms with Crippen LogP contribution in [0.5, 0.6) is 0 Å². The van der Waals surface area contributed by atoms with Gasteiger partial charge >= 0.3 is 6.18 Å². The molecule has 0 amide bonds. The molecule has 0 atom stereocenters. The summed E-state index contributed by atoms with van der Waals surface area (Å²) in [6.07, 6.45) is -4.44. The molecular formula is C31H28F3N2P. The summed E-state index contributed by atoms with van der Waals surface area (Å²) < 4.78 is 46.1. The molecular weight excluding hydrogens is 488 g/mol. The molecule has 4 aromatic rings. The number of halogens is 3. The van der Waals surface area contributed by atoms with E-state index in [0.29, 0.717) is 5.69 Å². The highest BCUT2D eigenvalue weighted by Gasteiger charge is 2.40. The highest BCUT2D eigenvalue weighted by atomic mass is 31.2. The number of allylic oxidation sites excluding steroid dienone is 1. The number of hydrogen-bond donors (Lipinski definition) is 0. The Balaban J connectivity index is 1.87. The van der Waals surface area contributed by atoms with E-state index in [-0.39, 0.29) is 5.41 Å². The Labute approximate surface area is 216 Å². The van der Waals surface area contributed by atoms with Gasteiger partial charge < -0.3 is 4.90 Å². The van der Waals surface area contributed by atoms with Gasteiger partial charge in [0, 0.05) is 34.5 Å². The molecule has 0 saturated heterocycles. The number of alkyl halides is 3. The molecule has 1 aliphatic rings. The van der Waals surface area contributed by atoms with Crippen molar-refractivity contribution in [1.29, 1.82) is 0 Å². The van der Waals surface area contributed by atoms with Gasteiger partial charge in [0.15, 0.2) is 0 Å². The molecule has 0 N–H and O–H groups in total. The minimum absolute atomic E-state index is 0.309. The van der Waals surface area contributed by atoms with E-state index in [4.69, 9.17) is 4.74 Å². The average Bonchev–Trinajstić information content (AvgIpc) is 3.09. The van der Waals surface area contributed by atoms with Gasteiger partial charge in [0.2, 0.25) is 0 Å². The van der Waals surface area contributed by atoms with E-state index in [1.807, 2.05) is 79.8 Å². The van der Waals surface area contributed by atoms with Crippen LogP contribution in [0.1, 0.15) is 25.0 Å². The highest BCUT2D eigenvalue weighted by Crippen LogP contribution is 2.57. The molecule has 4 aromatic carbocycles. The molecule has 0 bridgehead atoms. The zero-order chi connectivity index (χ0) is 26.3. The van der Waals surface area contributed by atoms with Crippen molar-refractivity contribution in [3.8, 4) is 0 Å². The molecule has 2 nitrogen and oxygen atoms in total. The second-order valence-electron chi connectivity index (χ2n) is 9.72. The summed E-state index contributed by atoms with van der Waals surface area (Å²) in [6.45, 7) is 4.38. The summed E-state index contributed by atoms with van der Waals surface area (Å²) in [5, 5.41) is 1.96. The second kappa shape index (κ2) is 9.39. The van der Waals surface area contributed by atoms with Gasteiger partial charge in [-0.1, -0.05) is 98.8 Å². The molecule has 0 spiro atoms. The van der Waals surface area contributed by atoms with Crippen LogP contribution in [0.4, 0.5) is 24.5 Å². The number of likely N-dealkylation sites (N-methyl/N-ethyl adjacent to an activating group) is 1. The monoisotopic (exact) mass is 516 g/mol. The van der Waals surface area contributed by atoms with Gasteiger partial charge in [-0.05, 0) is 35.6 Å². The Morgan fingerprint density at radius 1 is 0.757 bits per heavy atom. The summed E-state index contributed by atoms with van der Waals surface area (Å²) in [5.41, 5.74) is 2.70. The molecule has 6 heteroatoms. The molecule has 0 fully saturated rings. The molecule has 188 valence electrons. The first kappa shape index (κ1) is 25.1. The topological polar surface area (TPSA) is 15.6 Å². The van der Waals surface area contributed by atoms with Gasteiger partial charge in [-0.15, -0.1) is 0 Å². The SMILES string of the molecule is CN1C(=CP(=Nc2cccc(C(F)(F)F)c2)(c2ccccc2)c2ccccc2)C(C)(C)c2ccccc21. The third-order valence-electron chi connectivity index (χ3n) is 7.00.